The van der Waals surface area contributed by atoms with Crippen molar-refractivity contribution in [2.75, 3.05) is 27.2 Å². The Bertz CT molecular complexity index is 315. The first-order chi connectivity index (χ1) is 7.44. The lowest BCUT2D eigenvalue weighted by atomic mass is 9.92. The summed E-state index contributed by atoms with van der Waals surface area (Å²) >= 11 is 0. The van der Waals surface area contributed by atoms with Crippen molar-refractivity contribution in [2.45, 2.75) is 26.8 Å². The van der Waals surface area contributed by atoms with Gasteiger partial charge in [0.25, 0.3) is 0 Å². The molecule has 0 saturated carbocycles. The predicted molar refractivity (Wildman–Crippen MR) is 67.3 cm³/mol. The van der Waals surface area contributed by atoms with Crippen molar-refractivity contribution < 1.29 is 0 Å². The van der Waals surface area contributed by atoms with E-state index in [0.29, 0.717) is 6.54 Å². The van der Waals surface area contributed by atoms with E-state index in [9.17, 15) is 0 Å². The van der Waals surface area contributed by atoms with E-state index in [2.05, 4.69) is 42.4 Å². The largest absolute Gasteiger partial charge is 0.334 e. The van der Waals surface area contributed by atoms with Gasteiger partial charge < -0.3 is 15.2 Å². The van der Waals surface area contributed by atoms with Crippen LogP contribution in [0, 0.1) is 5.41 Å². The molecule has 2 N–H and O–H groups in total. The highest BCUT2D eigenvalue weighted by molar-refractivity contribution is 4.99. The van der Waals surface area contributed by atoms with E-state index in [1.165, 1.54) is 5.69 Å². The topological polar surface area (TPSA) is 47.1 Å². The van der Waals surface area contributed by atoms with E-state index in [1.54, 1.807) is 0 Å². The molecule has 4 nitrogen and oxygen atoms in total. The van der Waals surface area contributed by atoms with Crippen molar-refractivity contribution in [2.24, 2.45) is 11.1 Å². The van der Waals surface area contributed by atoms with Crippen LogP contribution < -0.4 is 5.73 Å². The molecule has 0 spiro atoms. The third-order valence-corrected chi connectivity index (χ3v) is 2.54. The molecule has 0 fully saturated rings. The van der Waals surface area contributed by atoms with Crippen LogP contribution in [0.15, 0.2) is 12.5 Å². The summed E-state index contributed by atoms with van der Waals surface area (Å²) in [4.78, 5) is 6.42. The maximum Gasteiger partial charge on any atom is 0.0948 e. The van der Waals surface area contributed by atoms with Gasteiger partial charge in [-0.25, -0.2) is 4.98 Å². The summed E-state index contributed by atoms with van der Waals surface area (Å²) in [6, 6.07) is 0. The third kappa shape index (κ3) is 3.94. The van der Waals surface area contributed by atoms with Crippen molar-refractivity contribution in [3.63, 3.8) is 0 Å². The van der Waals surface area contributed by atoms with Gasteiger partial charge in [-0.15, -0.1) is 0 Å². The highest BCUT2D eigenvalue weighted by atomic mass is 15.1. The second-order valence-corrected chi connectivity index (χ2v) is 5.45. The fourth-order valence-corrected chi connectivity index (χ4v) is 2.21. The predicted octanol–water partition coefficient (Wildman–Crippen LogP) is 0.972. The van der Waals surface area contributed by atoms with Crippen LogP contribution in [0.3, 0.4) is 0 Å². The summed E-state index contributed by atoms with van der Waals surface area (Å²) in [6.45, 7) is 7.28. The molecule has 1 aromatic rings. The van der Waals surface area contributed by atoms with E-state index in [4.69, 9.17) is 5.73 Å². The standard InChI is InChI=1S/C12H24N4/c1-12(2,8-15(3)4)9-16-10-14-7-11(16)5-6-13/h7,10H,5-6,8-9,13H2,1-4H3. The zero-order valence-corrected chi connectivity index (χ0v) is 10.9. The van der Waals surface area contributed by atoms with Gasteiger partial charge in [-0.1, -0.05) is 13.8 Å². The Morgan fingerprint density at radius 1 is 1.44 bits per heavy atom. The molecular formula is C12H24N4. The summed E-state index contributed by atoms with van der Waals surface area (Å²) in [5, 5.41) is 0. The number of imidazole rings is 1. The van der Waals surface area contributed by atoms with Crippen LogP contribution >= 0.6 is 0 Å². The van der Waals surface area contributed by atoms with Gasteiger partial charge in [0.1, 0.15) is 0 Å². The minimum absolute atomic E-state index is 0.244. The molecule has 1 rings (SSSR count). The molecule has 0 radical (unpaired) electrons. The fourth-order valence-electron chi connectivity index (χ4n) is 2.21. The van der Waals surface area contributed by atoms with Crippen molar-refractivity contribution >= 4 is 0 Å². The molecule has 0 aliphatic carbocycles. The Labute approximate surface area is 98.5 Å². The molecule has 16 heavy (non-hydrogen) atoms. The van der Waals surface area contributed by atoms with Crippen LogP contribution in [0.1, 0.15) is 19.5 Å². The summed E-state index contributed by atoms with van der Waals surface area (Å²) in [7, 11) is 4.22. The molecule has 0 unspecified atom stereocenters. The van der Waals surface area contributed by atoms with Gasteiger partial charge in [0.15, 0.2) is 0 Å². The van der Waals surface area contributed by atoms with Crippen LogP contribution in [-0.2, 0) is 13.0 Å². The van der Waals surface area contributed by atoms with Gasteiger partial charge in [-0.3, -0.25) is 0 Å². The molecule has 0 bridgehead atoms. The highest BCUT2D eigenvalue weighted by Crippen LogP contribution is 2.19. The summed E-state index contributed by atoms with van der Waals surface area (Å²) in [6.07, 6.45) is 4.72. The summed E-state index contributed by atoms with van der Waals surface area (Å²) in [5.41, 5.74) is 7.06. The van der Waals surface area contributed by atoms with Gasteiger partial charge >= 0.3 is 0 Å². The number of rotatable bonds is 6. The van der Waals surface area contributed by atoms with Crippen LogP contribution in [-0.4, -0.2) is 41.6 Å². The Morgan fingerprint density at radius 3 is 2.69 bits per heavy atom. The molecule has 0 aliphatic rings. The second kappa shape index (κ2) is 5.46. The van der Waals surface area contributed by atoms with Crippen molar-refractivity contribution in [1.29, 1.82) is 0 Å². The van der Waals surface area contributed by atoms with Crippen LogP contribution in [0.4, 0.5) is 0 Å². The Kier molecular flexibility index (Phi) is 4.50. The molecule has 0 aliphatic heterocycles. The molecular weight excluding hydrogens is 200 g/mol. The Morgan fingerprint density at radius 2 is 2.12 bits per heavy atom. The fraction of sp³-hybridized carbons (Fsp3) is 0.750. The third-order valence-electron chi connectivity index (χ3n) is 2.54. The minimum Gasteiger partial charge on any atom is -0.334 e. The monoisotopic (exact) mass is 224 g/mol. The van der Waals surface area contributed by atoms with Gasteiger partial charge in [-0.2, -0.15) is 0 Å². The number of aromatic nitrogens is 2. The zero-order valence-electron chi connectivity index (χ0n) is 10.9. The number of hydrogen-bond acceptors (Lipinski definition) is 3. The molecule has 0 amide bonds. The van der Waals surface area contributed by atoms with Crippen LogP contribution in [0.2, 0.25) is 0 Å². The minimum atomic E-state index is 0.244. The lowest BCUT2D eigenvalue weighted by molar-refractivity contribution is 0.209. The van der Waals surface area contributed by atoms with Gasteiger partial charge in [0.05, 0.1) is 6.33 Å². The molecule has 0 saturated heterocycles. The van der Waals surface area contributed by atoms with Crippen molar-refractivity contribution in [3.8, 4) is 0 Å². The van der Waals surface area contributed by atoms with Crippen molar-refractivity contribution in [3.05, 3.63) is 18.2 Å². The second-order valence-electron chi connectivity index (χ2n) is 5.45. The highest BCUT2D eigenvalue weighted by Gasteiger charge is 2.20. The van der Waals surface area contributed by atoms with Crippen molar-refractivity contribution in [1.82, 2.24) is 14.5 Å². The maximum atomic E-state index is 5.58. The first-order valence-corrected chi connectivity index (χ1v) is 5.78. The van der Waals surface area contributed by atoms with Gasteiger partial charge in [-0.05, 0) is 26.1 Å². The van der Waals surface area contributed by atoms with E-state index in [-0.39, 0.29) is 5.41 Å². The molecule has 1 heterocycles. The van der Waals surface area contributed by atoms with Crippen LogP contribution in [0.5, 0.6) is 0 Å². The zero-order chi connectivity index (χ0) is 12.2. The smallest absolute Gasteiger partial charge is 0.0948 e. The first-order valence-electron chi connectivity index (χ1n) is 5.78. The lowest BCUT2D eigenvalue weighted by Crippen LogP contribution is -2.32. The molecule has 0 aromatic carbocycles. The van der Waals surface area contributed by atoms with Gasteiger partial charge in [0.2, 0.25) is 0 Å². The number of hydrogen-bond donors (Lipinski definition) is 1. The SMILES string of the molecule is CN(C)CC(C)(C)Cn1cncc1CCN. The lowest BCUT2D eigenvalue weighted by Gasteiger charge is -2.29. The number of nitrogens with zero attached hydrogens (tertiary/aromatic N) is 3. The number of nitrogens with two attached hydrogens (primary N) is 1. The normalized spacial score (nSPS) is 12.4. The van der Waals surface area contributed by atoms with E-state index >= 15 is 0 Å². The Balaban J connectivity index is 2.67. The molecule has 0 atom stereocenters. The van der Waals surface area contributed by atoms with Gasteiger partial charge in [0, 0.05) is 31.4 Å². The van der Waals surface area contributed by atoms with Crippen LogP contribution in [0.25, 0.3) is 0 Å². The average Bonchev–Trinajstić information content (AvgIpc) is 2.50. The van der Waals surface area contributed by atoms with E-state index in [0.717, 1.165) is 19.5 Å². The van der Waals surface area contributed by atoms with E-state index < -0.39 is 0 Å². The molecule has 1 aromatic heterocycles. The summed E-state index contributed by atoms with van der Waals surface area (Å²) in [5.74, 6) is 0. The Hall–Kier alpha value is -0.870. The first kappa shape index (κ1) is 13.2. The van der Waals surface area contributed by atoms with E-state index in [1.807, 2.05) is 12.5 Å². The molecule has 92 valence electrons. The quantitative estimate of drug-likeness (QED) is 0.783. The maximum absolute atomic E-state index is 5.58. The molecule has 4 heteroatoms. The summed E-state index contributed by atoms with van der Waals surface area (Å²) < 4.78 is 2.22. The average molecular weight is 224 g/mol.